The predicted molar refractivity (Wildman–Crippen MR) is 110 cm³/mol. The number of benzene rings is 2. The molecule has 1 aliphatic carbocycles. The Bertz CT molecular complexity index is 1250. The molecule has 0 radical (unpaired) electrons. The van der Waals surface area contributed by atoms with Crippen LogP contribution in [0.25, 0.3) is 16.6 Å². The number of aromatic hydroxyl groups is 1. The van der Waals surface area contributed by atoms with Crippen LogP contribution in [-0.2, 0) is 20.5 Å². The molecule has 5 rings (SSSR count). The summed E-state index contributed by atoms with van der Waals surface area (Å²) in [7, 11) is 0. The lowest BCUT2D eigenvalue weighted by Gasteiger charge is -2.56. The van der Waals surface area contributed by atoms with E-state index in [0.29, 0.717) is 23.2 Å². The van der Waals surface area contributed by atoms with E-state index in [2.05, 4.69) is 0 Å². The zero-order chi connectivity index (χ0) is 22.3. The first-order valence-corrected chi connectivity index (χ1v) is 10.2. The van der Waals surface area contributed by atoms with Crippen molar-refractivity contribution in [2.45, 2.75) is 44.6 Å². The van der Waals surface area contributed by atoms with Crippen LogP contribution < -0.4 is 0 Å². The molecular formula is C24H23F2NO4. The number of carbonyl (C=O) groups is 1. The highest BCUT2D eigenvalue weighted by Gasteiger charge is 2.62. The van der Waals surface area contributed by atoms with E-state index in [4.69, 9.17) is 4.74 Å². The molecule has 0 bridgehead atoms. The highest BCUT2D eigenvalue weighted by Crippen LogP contribution is 2.63. The first kappa shape index (κ1) is 20.0. The molecule has 5 nitrogen and oxygen atoms in total. The number of rotatable bonds is 2. The van der Waals surface area contributed by atoms with Crippen molar-refractivity contribution in [2.24, 2.45) is 5.41 Å². The number of hydrogen-bond donors (Lipinski definition) is 2. The Morgan fingerprint density at radius 2 is 1.81 bits per heavy atom. The lowest BCUT2D eigenvalue weighted by molar-refractivity contribution is -0.205. The van der Waals surface area contributed by atoms with Crippen LogP contribution in [0.3, 0.4) is 0 Å². The highest BCUT2D eigenvalue weighted by atomic mass is 19.2. The van der Waals surface area contributed by atoms with Gasteiger partial charge in [0.05, 0.1) is 23.1 Å². The molecule has 162 valence electrons. The number of hydrogen-bond acceptors (Lipinski definition) is 3. The molecule has 1 aromatic heterocycles. The average molecular weight is 427 g/mol. The van der Waals surface area contributed by atoms with E-state index in [9.17, 15) is 23.8 Å². The lowest BCUT2D eigenvalue weighted by Crippen LogP contribution is -2.57. The molecule has 31 heavy (non-hydrogen) atoms. The molecule has 2 N–H and O–H groups in total. The number of carboxylic acid groups (broad SMARTS) is 1. The van der Waals surface area contributed by atoms with Crippen LogP contribution in [0.5, 0.6) is 5.75 Å². The summed E-state index contributed by atoms with van der Waals surface area (Å²) in [5.41, 5.74) is 0.304. The van der Waals surface area contributed by atoms with Gasteiger partial charge in [-0.2, -0.15) is 0 Å². The van der Waals surface area contributed by atoms with E-state index < -0.39 is 34.0 Å². The molecular weight excluding hydrogens is 404 g/mol. The van der Waals surface area contributed by atoms with Crippen molar-refractivity contribution in [2.75, 3.05) is 6.61 Å². The lowest BCUT2D eigenvalue weighted by atomic mass is 9.55. The molecule has 0 amide bonds. The largest absolute Gasteiger partial charge is 0.507 e. The van der Waals surface area contributed by atoms with Crippen LogP contribution in [0.2, 0.25) is 0 Å². The topological polar surface area (TPSA) is 71.7 Å². The maximum Gasteiger partial charge on any atom is 0.309 e. The third-order valence-corrected chi connectivity index (χ3v) is 6.81. The van der Waals surface area contributed by atoms with E-state index in [1.807, 2.05) is 24.5 Å². The van der Waals surface area contributed by atoms with Gasteiger partial charge in [-0.25, -0.2) is 8.78 Å². The minimum atomic E-state index is -0.963. The molecule has 1 saturated carbocycles. The number of phenols is 1. The zero-order valence-electron chi connectivity index (χ0n) is 17.5. The van der Waals surface area contributed by atoms with Gasteiger partial charge in [0.1, 0.15) is 5.75 Å². The van der Waals surface area contributed by atoms with E-state index in [0.717, 1.165) is 23.4 Å². The second kappa shape index (κ2) is 6.07. The van der Waals surface area contributed by atoms with Crippen molar-refractivity contribution in [3.63, 3.8) is 0 Å². The van der Waals surface area contributed by atoms with Crippen LogP contribution in [0, 0.1) is 17.0 Å². The monoisotopic (exact) mass is 427 g/mol. The Hall–Kier alpha value is -2.93. The van der Waals surface area contributed by atoms with Gasteiger partial charge >= 0.3 is 5.97 Å². The summed E-state index contributed by atoms with van der Waals surface area (Å²) in [6.07, 6.45) is 0.535. The van der Waals surface area contributed by atoms with Gasteiger partial charge in [-0.15, -0.1) is 0 Å². The van der Waals surface area contributed by atoms with E-state index >= 15 is 0 Å². The molecule has 0 atom stereocenters. The summed E-state index contributed by atoms with van der Waals surface area (Å²) >= 11 is 0. The molecule has 1 fully saturated rings. The number of aromatic nitrogens is 1. The Balaban J connectivity index is 1.86. The summed E-state index contributed by atoms with van der Waals surface area (Å²) in [5, 5.41) is 21.1. The zero-order valence-corrected chi connectivity index (χ0v) is 17.5. The van der Waals surface area contributed by atoms with Crippen LogP contribution in [0.15, 0.2) is 36.4 Å². The van der Waals surface area contributed by atoms with Gasteiger partial charge < -0.3 is 19.5 Å². The summed E-state index contributed by atoms with van der Waals surface area (Å²) in [6.45, 7) is 5.99. The number of halogens is 2. The molecule has 0 saturated heterocycles. The van der Waals surface area contributed by atoms with E-state index in [1.54, 1.807) is 19.1 Å². The van der Waals surface area contributed by atoms with Crippen molar-refractivity contribution < 1.29 is 28.5 Å². The van der Waals surface area contributed by atoms with Crippen LogP contribution in [-0.4, -0.2) is 27.4 Å². The molecule has 0 unspecified atom stereocenters. The fraction of sp³-hybridized carbons (Fsp3) is 0.375. The van der Waals surface area contributed by atoms with Gasteiger partial charge in [-0.3, -0.25) is 4.79 Å². The van der Waals surface area contributed by atoms with E-state index in [1.165, 1.54) is 6.07 Å². The molecule has 3 aromatic rings. The Kier molecular flexibility index (Phi) is 3.91. The molecule has 2 aliphatic rings. The summed E-state index contributed by atoms with van der Waals surface area (Å²) in [4.78, 5) is 11.8. The third-order valence-electron chi connectivity index (χ3n) is 6.81. The van der Waals surface area contributed by atoms with Crippen molar-refractivity contribution in [1.29, 1.82) is 0 Å². The van der Waals surface area contributed by atoms with Crippen LogP contribution >= 0.6 is 0 Å². The van der Waals surface area contributed by atoms with Gasteiger partial charge in [0, 0.05) is 33.8 Å². The number of carboxylic acids is 1. The van der Waals surface area contributed by atoms with Crippen molar-refractivity contribution in [3.8, 4) is 11.4 Å². The standard InChI is InChI=1S/C24H23F2NO4/c1-22(2)12-31-24(10-23(3,11-24)21(29)30)19-18-16(5-4-6-17(18)28)27(20(19)22)13-7-8-14(25)15(26)9-13/h4-9,28H,10-12H2,1-3H3,(H,29,30)/t23-,24-. The SMILES string of the molecule is CC1(C)CO[C@]2(C[C@](C)(C(=O)O)C2)c2c1n(-c1ccc(F)c(F)c1)c1cccc(O)c12. The summed E-state index contributed by atoms with van der Waals surface area (Å²) < 4.78 is 36.0. The van der Waals surface area contributed by atoms with Gasteiger partial charge in [0.15, 0.2) is 11.6 Å². The first-order valence-electron chi connectivity index (χ1n) is 10.2. The predicted octanol–water partition coefficient (Wildman–Crippen LogP) is 5.00. The van der Waals surface area contributed by atoms with Gasteiger partial charge in [0.25, 0.3) is 0 Å². The summed E-state index contributed by atoms with van der Waals surface area (Å²) in [6, 6.07) is 8.80. The molecule has 1 spiro atoms. The molecule has 2 aromatic carbocycles. The van der Waals surface area contributed by atoms with Crippen molar-refractivity contribution >= 4 is 16.9 Å². The minimum absolute atomic E-state index is 0.0414. The number of nitrogens with zero attached hydrogens (tertiary/aromatic N) is 1. The Morgan fingerprint density at radius 1 is 1.10 bits per heavy atom. The van der Waals surface area contributed by atoms with Gasteiger partial charge in [0.2, 0.25) is 0 Å². The quantitative estimate of drug-likeness (QED) is 0.604. The van der Waals surface area contributed by atoms with Crippen LogP contribution in [0.4, 0.5) is 8.78 Å². The van der Waals surface area contributed by atoms with Gasteiger partial charge in [-0.1, -0.05) is 19.9 Å². The summed E-state index contributed by atoms with van der Waals surface area (Å²) in [5.74, 6) is -2.75. The molecule has 1 aliphatic heterocycles. The third kappa shape index (κ3) is 2.59. The maximum atomic E-state index is 14.2. The Labute approximate surface area is 177 Å². The first-order chi connectivity index (χ1) is 14.5. The second-order valence-corrected chi connectivity index (χ2v) is 9.71. The average Bonchev–Trinajstić information content (AvgIpc) is 3.04. The fourth-order valence-corrected chi connectivity index (χ4v) is 5.40. The number of ether oxygens (including phenoxy) is 1. The normalized spacial score (nSPS) is 26.6. The Morgan fingerprint density at radius 3 is 2.45 bits per heavy atom. The van der Waals surface area contributed by atoms with Crippen LogP contribution in [0.1, 0.15) is 44.9 Å². The minimum Gasteiger partial charge on any atom is -0.507 e. The smallest absolute Gasteiger partial charge is 0.309 e. The molecule has 7 heteroatoms. The number of fused-ring (bicyclic) bond motifs is 4. The van der Waals surface area contributed by atoms with Crippen molar-refractivity contribution in [3.05, 3.63) is 59.3 Å². The van der Waals surface area contributed by atoms with E-state index in [-0.39, 0.29) is 18.6 Å². The molecule has 2 heterocycles. The highest BCUT2D eigenvalue weighted by molar-refractivity contribution is 5.94. The fourth-order valence-electron chi connectivity index (χ4n) is 5.40. The maximum absolute atomic E-state index is 14.2. The van der Waals surface area contributed by atoms with Crippen molar-refractivity contribution in [1.82, 2.24) is 4.57 Å². The van der Waals surface area contributed by atoms with Gasteiger partial charge in [-0.05, 0) is 44.0 Å². The number of phenolic OH excluding ortho intramolecular Hbond substituents is 1. The number of aliphatic carboxylic acids is 1. The second-order valence-electron chi connectivity index (χ2n) is 9.71.